The van der Waals surface area contributed by atoms with Crippen LogP contribution in [-0.2, 0) is 19.0 Å². The van der Waals surface area contributed by atoms with Gasteiger partial charge in [0.1, 0.15) is 24.9 Å². The molecule has 18 heavy (non-hydrogen) atoms. The fourth-order valence-electron chi connectivity index (χ4n) is 2.96. The van der Waals surface area contributed by atoms with Gasteiger partial charge in [-0.2, -0.15) is 0 Å². The van der Waals surface area contributed by atoms with Gasteiger partial charge in [-0.3, -0.25) is 0 Å². The summed E-state index contributed by atoms with van der Waals surface area (Å²) in [6.07, 6.45) is 0.503. The van der Waals surface area contributed by atoms with Crippen molar-refractivity contribution in [2.75, 3.05) is 6.61 Å². The highest BCUT2D eigenvalue weighted by Gasteiger charge is 2.56. The second-order valence-electron chi connectivity index (χ2n) is 5.28. The van der Waals surface area contributed by atoms with Gasteiger partial charge in [-0.15, -0.1) is 0 Å². The maximum absolute atomic E-state index is 11.8. The van der Waals surface area contributed by atoms with Gasteiger partial charge in [0.2, 0.25) is 0 Å². The molecule has 0 radical (unpaired) electrons. The molecule has 0 amide bonds. The molecule has 0 aromatic heterocycles. The Morgan fingerprint density at radius 3 is 2.56 bits per heavy atom. The number of rotatable bonds is 0. The Balaban J connectivity index is 1.83. The highest BCUT2D eigenvalue weighted by molar-refractivity contribution is 5.76. The number of hydrogen-bond donors (Lipinski definition) is 2. The normalized spacial score (nSPS) is 43.3. The second-order valence-corrected chi connectivity index (χ2v) is 5.28. The molecule has 2 heterocycles. The summed E-state index contributed by atoms with van der Waals surface area (Å²) in [5.74, 6) is -1.33. The summed E-state index contributed by atoms with van der Waals surface area (Å²) in [5.41, 5.74) is 0. The molecule has 102 valence electrons. The van der Waals surface area contributed by atoms with Crippen LogP contribution in [0.5, 0.6) is 0 Å². The summed E-state index contributed by atoms with van der Waals surface area (Å²) < 4.78 is 16.4. The van der Waals surface area contributed by atoms with E-state index >= 15 is 0 Å². The monoisotopic (exact) mass is 258 g/mol. The first-order valence-electron chi connectivity index (χ1n) is 6.50. The molecule has 6 nitrogen and oxygen atoms in total. The summed E-state index contributed by atoms with van der Waals surface area (Å²) >= 11 is 0. The Morgan fingerprint density at radius 1 is 1.11 bits per heavy atom. The van der Waals surface area contributed by atoms with Crippen LogP contribution in [0, 0.1) is 0 Å². The molecule has 0 aromatic carbocycles. The van der Waals surface area contributed by atoms with Crippen LogP contribution in [0.25, 0.3) is 0 Å². The first-order valence-corrected chi connectivity index (χ1v) is 6.50. The summed E-state index contributed by atoms with van der Waals surface area (Å²) in [6.45, 7) is -0.216. The molecule has 0 aromatic rings. The van der Waals surface area contributed by atoms with Gasteiger partial charge in [0, 0.05) is 12.8 Å². The minimum absolute atomic E-state index is 0.216. The molecule has 1 saturated carbocycles. The highest BCUT2D eigenvalue weighted by Crippen LogP contribution is 2.42. The van der Waals surface area contributed by atoms with Crippen molar-refractivity contribution in [2.24, 2.45) is 0 Å². The predicted octanol–water partition coefficient (Wildman–Crippen LogP) is -0.291. The lowest BCUT2D eigenvalue weighted by Crippen LogP contribution is -2.43. The maximum Gasteiger partial charge on any atom is 0.338 e. The zero-order valence-electron chi connectivity index (χ0n) is 10.1. The fraction of sp³-hybridized carbons (Fsp3) is 0.917. The van der Waals surface area contributed by atoms with Crippen molar-refractivity contribution < 1.29 is 29.2 Å². The van der Waals surface area contributed by atoms with Crippen LogP contribution in [0.2, 0.25) is 0 Å². The van der Waals surface area contributed by atoms with Crippen LogP contribution in [0.15, 0.2) is 0 Å². The third-order valence-corrected chi connectivity index (χ3v) is 3.97. The lowest BCUT2D eigenvalue weighted by molar-refractivity contribution is -0.212. The summed E-state index contributed by atoms with van der Waals surface area (Å²) in [7, 11) is 0. The predicted molar refractivity (Wildman–Crippen MR) is 58.5 cm³/mol. The zero-order chi connectivity index (χ0) is 12.8. The number of esters is 1. The Kier molecular flexibility index (Phi) is 3.05. The minimum atomic E-state index is -1.15. The van der Waals surface area contributed by atoms with Gasteiger partial charge in [0.05, 0.1) is 0 Å². The standard InChI is InChI=1S/C12H18O6/c13-7-6-16-11(15)10-9(8(7)14)17-12(18-10)4-2-1-3-5-12/h7-10,13-14H,1-6H2/t7-,8-,9+,10+/m1/s1. The number of ether oxygens (including phenoxy) is 3. The van der Waals surface area contributed by atoms with E-state index in [9.17, 15) is 15.0 Å². The van der Waals surface area contributed by atoms with E-state index in [4.69, 9.17) is 14.2 Å². The third kappa shape index (κ3) is 1.93. The molecule has 3 rings (SSSR count). The van der Waals surface area contributed by atoms with Crippen LogP contribution in [0.1, 0.15) is 32.1 Å². The number of aliphatic hydroxyl groups is 2. The second kappa shape index (κ2) is 4.45. The van der Waals surface area contributed by atoms with Crippen LogP contribution in [-0.4, -0.2) is 53.0 Å². The molecular weight excluding hydrogens is 240 g/mol. The lowest BCUT2D eigenvalue weighted by Gasteiger charge is -2.32. The van der Waals surface area contributed by atoms with E-state index in [1.165, 1.54) is 0 Å². The van der Waals surface area contributed by atoms with Crippen molar-refractivity contribution in [1.29, 1.82) is 0 Å². The SMILES string of the molecule is O=C1OC[C@@H](O)[C@@H](O)[C@@H]2OC3(CCCCC3)O[C@H]12. The number of cyclic esters (lactones) is 1. The van der Waals surface area contributed by atoms with Crippen LogP contribution < -0.4 is 0 Å². The fourth-order valence-corrected chi connectivity index (χ4v) is 2.96. The minimum Gasteiger partial charge on any atom is -0.461 e. The van der Waals surface area contributed by atoms with Gasteiger partial charge in [-0.25, -0.2) is 4.79 Å². The number of hydrogen-bond acceptors (Lipinski definition) is 6. The van der Waals surface area contributed by atoms with Crippen molar-refractivity contribution in [2.45, 2.75) is 62.3 Å². The van der Waals surface area contributed by atoms with Crippen molar-refractivity contribution in [3.05, 3.63) is 0 Å². The molecule has 0 bridgehead atoms. The molecule has 1 spiro atoms. The molecule has 4 atom stereocenters. The Morgan fingerprint density at radius 2 is 1.83 bits per heavy atom. The first kappa shape index (κ1) is 12.3. The van der Waals surface area contributed by atoms with E-state index in [2.05, 4.69) is 0 Å². The largest absolute Gasteiger partial charge is 0.461 e. The molecule has 2 N–H and O–H groups in total. The lowest BCUT2D eigenvalue weighted by atomic mass is 9.94. The maximum atomic E-state index is 11.8. The smallest absolute Gasteiger partial charge is 0.338 e. The number of carbonyl (C=O) groups is 1. The topological polar surface area (TPSA) is 85.2 Å². The highest BCUT2D eigenvalue weighted by atomic mass is 16.8. The van der Waals surface area contributed by atoms with Gasteiger partial charge in [0.15, 0.2) is 11.9 Å². The molecular formula is C12H18O6. The van der Waals surface area contributed by atoms with Gasteiger partial charge in [0.25, 0.3) is 0 Å². The summed E-state index contributed by atoms with van der Waals surface area (Å²) in [6, 6.07) is 0. The zero-order valence-corrected chi connectivity index (χ0v) is 10.1. The van der Waals surface area contributed by atoms with Crippen LogP contribution >= 0.6 is 0 Å². The molecule has 3 fully saturated rings. The average Bonchev–Trinajstić information content (AvgIpc) is 2.71. The van der Waals surface area contributed by atoms with E-state index in [1.807, 2.05) is 0 Å². The van der Waals surface area contributed by atoms with Gasteiger partial charge < -0.3 is 24.4 Å². The van der Waals surface area contributed by atoms with E-state index in [-0.39, 0.29) is 6.61 Å². The molecule has 2 saturated heterocycles. The molecule has 2 aliphatic heterocycles. The van der Waals surface area contributed by atoms with Gasteiger partial charge >= 0.3 is 5.97 Å². The summed E-state index contributed by atoms with van der Waals surface area (Å²) in [5, 5.41) is 19.6. The van der Waals surface area contributed by atoms with Crippen LogP contribution in [0.4, 0.5) is 0 Å². The molecule has 3 aliphatic rings. The van der Waals surface area contributed by atoms with E-state index in [0.717, 1.165) is 32.1 Å². The summed E-state index contributed by atoms with van der Waals surface area (Å²) in [4.78, 5) is 11.8. The van der Waals surface area contributed by atoms with Crippen molar-refractivity contribution in [3.8, 4) is 0 Å². The van der Waals surface area contributed by atoms with E-state index in [1.54, 1.807) is 0 Å². The Hall–Kier alpha value is -0.690. The van der Waals surface area contributed by atoms with Crippen molar-refractivity contribution >= 4 is 5.97 Å². The van der Waals surface area contributed by atoms with Crippen molar-refractivity contribution in [1.82, 2.24) is 0 Å². The van der Waals surface area contributed by atoms with Crippen LogP contribution in [0.3, 0.4) is 0 Å². The molecule has 0 unspecified atom stereocenters. The quantitative estimate of drug-likeness (QED) is 0.581. The van der Waals surface area contributed by atoms with Gasteiger partial charge in [-0.05, 0) is 12.8 Å². The Labute approximate surface area is 105 Å². The third-order valence-electron chi connectivity index (χ3n) is 3.97. The van der Waals surface area contributed by atoms with Gasteiger partial charge in [-0.1, -0.05) is 6.42 Å². The number of aliphatic hydroxyl groups excluding tert-OH is 2. The molecule has 1 aliphatic carbocycles. The van der Waals surface area contributed by atoms with E-state index < -0.39 is 36.2 Å². The first-order chi connectivity index (χ1) is 8.61. The number of carbonyl (C=O) groups excluding carboxylic acids is 1. The Bertz CT molecular complexity index is 337. The van der Waals surface area contributed by atoms with Crippen molar-refractivity contribution in [3.63, 3.8) is 0 Å². The van der Waals surface area contributed by atoms with E-state index in [0.29, 0.717) is 0 Å². The average molecular weight is 258 g/mol. The number of fused-ring (bicyclic) bond motifs is 1. The molecule has 6 heteroatoms.